The molecule has 1 aliphatic heterocycles. The van der Waals surface area contributed by atoms with E-state index in [9.17, 15) is 0 Å². The molecule has 4 rings (SSSR count). The van der Waals surface area contributed by atoms with Gasteiger partial charge in [-0.05, 0) is 26.0 Å². The van der Waals surface area contributed by atoms with Gasteiger partial charge in [0.05, 0.1) is 5.69 Å². The fraction of sp³-hybridized carbons (Fsp3) is 0.316. The third-order valence-corrected chi connectivity index (χ3v) is 5.81. The molecule has 3 aromatic rings. The average Bonchev–Trinajstić information content (AvgIpc) is 3.01. The second-order valence-electron chi connectivity index (χ2n) is 6.55. The normalized spacial score (nSPS) is 14.4. The smallest absolute Gasteiger partial charge is 0.188 e. The number of nitrogens with two attached hydrogens (primary N) is 1. The summed E-state index contributed by atoms with van der Waals surface area (Å²) < 4.78 is 0. The Morgan fingerprint density at radius 3 is 2.37 bits per heavy atom. The Balaban J connectivity index is 1.48. The van der Waals surface area contributed by atoms with Crippen LogP contribution in [0, 0.1) is 13.8 Å². The van der Waals surface area contributed by atoms with Crippen molar-refractivity contribution in [1.29, 1.82) is 0 Å². The van der Waals surface area contributed by atoms with Crippen molar-refractivity contribution in [3.05, 3.63) is 47.2 Å². The van der Waals surface area contributed by atoms with Crippen LogP contribution < -0.4 is 20.9 Å². The summed E-state index contributed by atoms with van der Waals surface area (Å²) in [6.07, 6.45) is 1.56. The molecule has 0 atom stereocenters. The standard InChI is InChI=1S/C19H23N7S/c1-13-14(2)27-19(23-13)24-17-16(20)18(22-12-21-17)26-10-8-25(9-11-26)15-6-4-3-5-7-15/h3-7,12H,8-11,20H2,1-2H3,(H,21,22,23,24). The van der Waals surface area contributed by atoms with Crippen molar-refractivity contribution in [2.75, 3.05) is 47.0 Å². The second-order valence-corrected chi connectivity index (χ2v) is 7.76. The van der Waals surface area contributed by atoms with E-state index < -0.39 is 0 Å². The first kappa shape index (κ1) is 17.5. The maximum Gasteiger partial charge on any atom is 0.188 e. The number of aromatic nitrogens is 3. The Morgan fingerprint density at radius 2 is 1.70 bits per heavy atom. The fourth-order valence-electron chi connectivity index (χ4n) is 3.18. The van der Waals surface area contributed by atoms with E-state index in [2.05, 4.69) is 61.3 Å². The highest BCUT2D eigenvalue weighted by Crippen LogP contribution is 2.31. The lowest BCUT2D eigenvalue weighted by atomic mass is 10.2. The number of thiazole rings is 1. The van der Waals surface area contributed by atoms with Gasteiger partial charge in [0.2, 0.25) is 0 Å². The van der Waals surface area contributed by atoms with Crippen LogP contribution in [-0.4, -0.2) is 41.1 Å². The predicted molar refractivity (Wildman–Crippen MR) is 112 cm³/mol. The summed E-state index contributed by atoms with van der Waals surface area (Å²) in [4.78, 5) is 19.0. The number of hydrogen-bond donors (Lipinski definition) is 2. The van der Waals surface area contributed by atoms with Crippen LogP contribution in [0.4, 0.5) is 28.1 Å². The highest BCUT2D eigenvalue weighted by atomic mass is 32.1. The fourth-order valence-corrected chi connectivity index (χ4v) is 3.99. The van der Waals surface area contributed by atoms with E-state index in [1.54, 1.807) is 17.7 Å². The number of rotatable bonds is 4. The lowest BCUT2D eigenvalue weighted by Gasteiger charge is -2.37. The zero-order valence-electron chi connectivity index (χ0n) is 15.5. The Bertz CT molecular complexity index is 898. The highest BCUT2D eigenvalue weighted by Gasteiger charge is 2.21. The Morgan fingerprint density at radius 1 is 1.00 bits per heavy atom. The van der Waals surface area contributed by atoms with Crippen molar-refractivity contribution >= 4 is 39.5 Å². The monoisotopic (exact) mass is 381 g/mol. The van der Waals surface area contributed by atoms with Crippen molar-refractivity contribution < 1.29 is 0 Å². The molecule has 8 heteroatoms. The molecule has 1 aliphatic rings. The molecule has 1 fully saturated rings. The molecule has 0 saturated carbocycles. The topological polar surface area (TPSA) is 83.2 Å². The Hall–Kier alpha value is -2.87. The number of anilines is 5. The van der Waals surface area contributed by atoms with Gasteiger partial charge in [-0.25, -0.2) is 15.0 Å². The van der Waals surface area contributed by atoms with E-state index in [4.69, 9.17) is 5.73 Å². The molecule has 0 bridgehead atoms. The van der Waals surface area contributed by atoms with Gasteiger partial charge in [-0.15, -0.1) is 11.3 Å². The number of nitrogens with zero attached hydrogens (tertiary/aromatic N) is 5. The molecule has 0 unspecified atom stereocenters. The zero-order valence-corrected chi connectivity index (χ0v) is 16.3. The molecule has 0 amide bonds. The minimum absolute atomic E-state index is 0.566. The number of aryl methyl sites for hydroxylation is 2. The molecule has 0 radical (unpaired) electrons. The highest BCUT2D eigenvalue weighted by molar-refractivity contribution is 7.15. The number of benzene rings is 1. The molecule has 1 aromatic carbocycles. The van der Waals surface area contributed by atoms with E-state index in [0.717, 1.165) is 42.8 Å². The third kappa shape index (κ3) is 3.66. The maximum atomic E-state index is 6.39. The van der Waals surface area contributed by atoms with Gasteiger partial charge in [-0.1, -0.05) is 18.2 Å². The first-order valence-electron chi connectivity index (χ1n) is 8.98. The molecular formula is C19H23N7S. The maximum absolute atomic E-state index is 6.39. The van der Waals surface area contributed by atoms with Crippen LogP contribution in [0.5, 0.6) is 0 Å². The lowest BCUT2D eigenvalue weighted by Crippen LogP contribution is -2.47. The van der Waals surface area contributed by atoms with E-state index in [1.807, 2.05) is 13.0 Å². The van der Waals surface area contributed by atoms with Gasteiger partial charge in [0, 0.05) is 36.7 Å². The summed E-state index contributed by atoms with van der Waals surface area (Å²) in [6, 6.07) is 10.5. The summed E-state index contributed by atoms with van der Waals surface area (Å²) in [7, 11) is 0. The summed E-state index contributed by atoms with van der Waals surface area (Å²) in [6.45, 7) is 7.65. The minimum atomic E-state index is 0.566. The summed E-state index contributed by atoms with van der Waals surface area (Å²) in [5.74, 6) is 1.39. The van der Waals surface area contributed by atoms with Crippen LogP contribution in [0.2, 0.25) is 0 Å². The van der Waals surface area contributed by atoms with E-state index >= 15 is 0 Å². The van der Waals surface area contributed by atoms with Crippen molar-refractivity contribution in [1.82, 2.24) is 15.0 Å². The largest absolute Gasteiger partial charge is 0.393 e. The number of para-hydroxylation sites is 1. The first-order valence-corrected chi connectivity index (χ1v) is 9.80. The van der Waals surface area contributed by atoms with Crippen LogP contribution in [0.15, 0.2) is 36.7 Å². The quantitative estimate of drug-likeness (QED) is 0.718. The van der Waals surface area contributed by atoms with Crippen LogP contribution in [0.25, 0.3) is 0 Å². The molecule has 2 aromatic heterocycles. The lowest BCUT2D eigenvalue weighted by molar-refractivity contribution is 0.647. The number of hydrogen-bond acceptors (Lipinski definition) is 8. The summed E-state index contributed by atoms with van der Waals surface area (Å²) in [5.41, 5.74) is 9.23. The molecule has 1 saturated heterocycles. The molecule has 3 N–H and O–H groups in total. The Kier molecular flexibility index (Phi) is 4.81. The molecule has 0 aliphatic carbocycles. The van der Waals surface area contributed by atoms with Crippen LogP contribution in [-0.2, 0) is 0 Å². The minimum Gasteiger partial charge on any atom is -0.393 e. The average molecular weight is 382 g/mol. The van der Waals surface area contributed by atoms with Gasteiger partial charge in [-0.2, -0.15) is 0 Å². The van der Waals surface area contributed by atoms with Crippen molar-refractivity contribution in [2.45, 2.75) is 13.8 Å². The molecule has 7 nitrogen and oxygen atoms in total. The SMILES string of the molecule is Cc1nc(Nc2ncnc(N3CCN(c4ccccc4)CC3)c2N)sc1C. The van der Waals surface area contributed by atoms with Crippen molar-refractivity contribution in [3.63, 3.8) is 0 Å². The molecule has 27 heavy (non-hydrogen) atoms. The second kappa shape index (κ2) is 7.40. The number of nitrogens with one attached hydrogen (secondary N) is 1. The predicted octanol–water partition coefficient (Wildman–Crippen LogP) is 3.20. The van der Waals surface area contributed by atoms with Crippen LogP contribution in [0.1, 0.15) is 10.6 Å². The first-order chi connectivity index (χ1) is 13.1. The Labute approximate surface area is 162 Å². The van der Waals surface area contributed by atoms with Gasteiger partial charge in [0.15, 0.2) is 16.8 Å². The van der Waals surface area contributed by atoms with Gasteiger partial charge in [0.25, 0.3) is 0 Å². The van der Waals surface area contributed by atoms with E-state index in [1.165, 1.54) is 10.6 Å². The molecule has 3 heterocycles. The van der Waals surface area contributed by atoms with Crippen LogP contribution in [0.3, 0.4) is 0 Å². The van der Waals surface area contributed by atoms with E-state index in [-0.39, 0.29) is 0 Å². The summed E-state index contributed by atoms with van der Waals surface area (Å²) in [5, 5.41) is 4.04. The summed E-state index contributed by atoms with van der Waals surface area (Å²) >= 11 is 1.60. The number of nitrogen functional groups attached to an aromatic ring is 1. The molecular weight excluding hydrogens is 358 g/mol. The third-order valence-electron chi connectivity index (χ3n) is 4.82. The van der Waals surface area contributed by atoms with Crippen molar-refractivity contribution in [2.24, 2.45) is 0 Å². The number of piperazine rings is 1. The van der Waals surface area contributed by atoms with Gasteiger partial charge < -0.3 is 20.9 Å². The van der Waals surface area contributed by atoms with E-state index in [0.29, 0.717) is 11.5 Å². The van der Waals surface area contributed by atoms with Crippen molar-refractivity contribution in [3.8, 4) is 0 Å². The van der Waals surface area contributed by atoms with Crippen LogP contribution >= 0.6 is 11.3 Å². The van der Waals surface area contributed by atoms with Gasteiger partial charge in [-0.3, -0.25) is 0 Å². The van der Waals surface area contributed by atoms with Gasteiger partial charge in [0.1, 0.15) is 12.0 Å². The van der Waals surface area contributed by atoms with Gasteiger partial charge >= 0.3 is 0 Å². The molecule has 140 valence electrons. The zero-order chi connectivity index (χ0) is 18.8. The molecule has 0 spiro atoms.